The maximum atomic E-state index is 12.8. The van der Waals surface area contributed by atoms with Crippen LogP contribution in [0.3, 0.4) is 0 Å². The van der Waals surface area contributed by atoms with Crippen LogP contribution in [0, 0.1) is 5.82 Å². The lowest BCUT2D eigenvalue weighted by atomic mass is 9.99. The van der Waals surface area contributed by atoms with Crippen molar-refractivity contribution in [2.24, 2.45) is 0 Å². The van der Waals surface area contributed by atoms with Gasteiger partial charge < -0.3 is 10.6 Å². The molecule has 2 aromatic rings. The lowest BCUT2D eigenvalue weighted by Crippen LogP contribution is -2.31. The largest absolute Gasteiger partial charge is 0.399 e. The third-order valence-corrected chi connectivity index (χ3v) is 3.13. The van der Waals surface area contributed by atoms with Crippen LogP contribution >= 0.6 is 0 Å². The number of halogens is 1. The number of benzene rings is 1. The van der Waals surface area contributed by atoms with Crippen LogP contribution < -0.4 is 10.6 Å². The minimum atomic E-state index is -0.416. The molecule has 2 heterocycles. The number of nitrogens with two attached hydrogens (primary N) is 1. The predicted octanol–water partition coefficient (Wildman–Crippen LogP) is 1.76. The molecule has 0 radical (unpaired) electrons. The van der Waals surface area contributed by atoms with Gasteiger partial charge in [-0.1, -0.05) is 6.07 Å². The molecule has 1 aliphatic heterocycles. The second kappa shape index (κ2) is 4.25. The van der Waals surface area contributed by atoms with E-state index in [-0.39, 0.29) is 0 Å². The lowest BCUT2D eigenvalue weighted by Gasteiger charge is -2.28. The van der Waals surface area contributed by atoms with Crippen molar-refractivity contribution in [2.75, 3.05) is 17.2 Å². The summed E-state index contributed by atoms with van der Waals surface area (Å²) in [5, 5.41) is 0. The zero-order valence-electron chi connectivity index (χ0n) is 9.81. The molecule has 3 rings (SSSR count). The Labute approximate surface area is 104 Å². The number of nitrogen functional groups attached to an aromatic ring is 1. The molecule has 1 aromatic heterocycles. The van der Waals surface area contributed by atoms with Crippen LogP contribution in [0.25, 0.3) is 0 Å². The van der Waals surface area contributed by atoms with Gasteiger partial charge in [0.15, 0.2) is 5.82 Å². The van der Waals surface area contributed by atoms with Gasteiger partial charge in [0.2, 0.25) is 5.95 Å². The van der Waals surface area contributed by atoms with Crippen LogP contribution in [0.5, 0.6) is 0 Å². The molecular formula is C13H13FN4. The third kappa shape index (κ3) is 1.99. The normalized spacial score (nSPS) is 14.4. The van der Waals surface area contributed by atoms with Crippen molar-refractivity contribution in [3.63, 3.8) is 0 Å². The summed E-state index contributed by atoms with van der Waals surface area (Å²) in [4.78, 5) is 10.0. The van der Waals surface area contributed by atoms with Crippen molar-refractivity contribution >= 4 is 11.6 Å². The van der Waals surface area contributed by atoms with Crippen molar-refractivity contribution in [3.05, 3.63) is 47.5 Å². The Kier molecular flexibility index (Phi) is 2.59. The number of aromatic nitrogens is 2. The van der Waals surface area contributed by atoms with Crippen molar-refractivity contribution in [1.82, 2.24) is 9.97 Å². The van der Waals surface area contributed by atoms with E-state index < -0.39 is 5.82 Å². The second-order valence-electron chi connectivity index (χ2n) is 4.40. The molecule has 5 heteroatoms. The van der Waals surface area contributed by atoms with Crippen molar-refractivity contribution in [3.8, 4) is 0 Å². The van der Waals surface area contributed by atoms with Crippen LogP contribution in [-0.4, -0.2) is 16.5 Å². The molecule has 0 aliphatic carbocycles. The number of hydrogen-bond donors (Lipinski definition) is 1. The molecule has 0 fully saturated rings. The van der Waals surface area contributed by atoms with Crippen LogP contribution in [-0.2, 0) is 13.0 Å². The fraction of sp³-hybridized carbons (Fsp3) is 0.231. The Morgan fingerprint density at radius 2 is 1.94 bits per heavy atom. The summed E-state index contributed by atoms with van der Waals surface area (Å²) in [6.45, 7) is 1.55. The molecule has 1 aromatic carbocycles. The molecule has 1 aliphatic rings. The van der Waals surface area contributed by atoms with Crippen molar-refractivity contribution in [1.29, 1.82) is 0 Å². The minimum absolute atomic E-state index is 0.416. The van der Waals surface area contributed by atoms with Crippen LogP contribution in [0.1, 0.15) is 11.1 Å². The SMILES string of the molecule is Nc1ccc2c(c1)CN(c1ncc(F)cn1)CC2. The standard InChI is InChI=1S/C13H13FN4/c14-11-6-16-13(17-7-11)18-4-3-9-1-2-12(15)5-10(9)8-18/h1-2,5-7H,3-4,8,15H2. The van der Waals surface area contributed by atoms with Crippen LogP contribution in [0.2, 0.25) is 0 Å². The number of hydrogen-bond acceptors (Lipinski definition) is 4. The highest BCUT2D eigenvalue weighted by atomic mass is 19.1. The Morgan fingerprint density at radius 3 is 2.72 bits per heavy atom. The average molecular weight is 244 g/mol. The highest BCUT2D eigenvalue weighted by Crippen LogP contribution is 2.23. The molecule has 18 heavy (non-hydrogen) atoms. The highest BCUT2D eigenvalue weighted by molar-refractivity contribution is 5.48. The molecule has 2 N–H and O–H groups in total. The van der Waals surface area contributed by atoms with E-state index in [1.54, 1.807) is 0 Å². The maximum Gasteiger partial charge on any atom is 0.225 e. The van der Waals surface area contributed by atoms with Gasteiger partial charge in [-0.25, -0.2) is 14.4 Å². The first kappa shape index (κ1) is 11.0. The Hall–Kier alpha value is -2.17. The van der Waals surface area contributed by atoms with E-state index in [2.05, 4.69) is 16.0 Å². The van der Waals surface area contributed by atoms with Crippen molar-refractivity contribution in [2.45, 2.75) is 13.0 Å². The van der Waals surface area contributed by atoms with E-state index in [9.17, 15) is 4.39 Å². The maximum absolute atomic E-state index is 12.8. The zero-order valence-corrected chi connectivity index (χ0v) is 9.81. The van der Waals surface area contributed by atoms with Crippen molar-refractivity contribution < 1.29 is 4.39 Å². The minimum Gasteiger partial charge on any atom is -0.399 e. The van der Waals surface area contributed by atoms with Gasteiger partial charge in [-0.05, 0) is 29.7 Å². The summed E-state index contributed by atoms with van der Waals surface area (Å²) >= 11 is 0. The quantitative estimate of drug-likeness (QED) is 0.777. The summed E-state index contributed by atoms with van der Waals surface area (Å²) in [7, 11) is 0. The van der Waals surface area contributed by atoms with Gasteiger partial charge in [0.1, 0.15) is 0 Å². The molecule has 0 bridgehead atoms. The van der Waals surface area contributed by atoms with E-state index in [1.165, 1.54) is 23.5 Å². The molecular weight excluding hydrogens is 231 g/mol. The molecule has 0 saturated carbocycles. The van der Waals surface area contributed by atoms with Gasteiger partial charge in [-0.15, -0.1) is 0 Å². The molecule has 0 unspecified atom stereocenters. The number of rotatable bonds is 1. The summed E-state index contributed by atoms with van der Waals surface area (Å²) in [6, 6.07) is 5.96. The predicted molar refractivity (Wildman–Crippen MR) is 67.6 cm³/mol. The Balaban J connectivity index is 1.88. The van der Waals surface area contributed by atoms with E-state index in [1.807, 2.05) is 17.0 Å². The zero-order chi connectivity index (χ0) is 12.5. The van der Waals surface area contributed by atoms with E-state index in [0.717, 1.165) is 18.7 Å². The van der Waals surface area contributed by atoms with Gasteiger partial charge in [-0.3, -0.25) is 0 Å². The molecule has 0 amide bonds. The monoisotopic (exact) mass is 244 g/mol. The summed E-state index contributed by atoms with van der Waals surface area (Å²) in [5.74, 6) is 0.143. The average Bonchev–Trinajstić information content (AvgIpc) is 2.38. The first-order chi connectivity index (χ1) is 8.72. The number of fused-ring (bicyclic) bond motifs is 1. The number of anilines is 2. The van der Waals surface area contributed by atoms with E-state index >= 15 is 0 Å². The second-order valence-corrected chi connectivity index (χ2v) is 4.40. The first-order valence-corrected chi connectivity index (χ1v) is 5.82. The van der Waals surface area contributed by atoms with Gasteiger partial charge in [-0.2, -0.15) is 0 Å². The van der Waals surface area contributed by atoms with Gasteiger partial charge in [0, 0.05) is 18.8 Å². The summed E-state index contributed by atoms with van der Waals surface area (Å²) < 4.78 is 12.8. The lowest BCUT2D eigenvalue weighted by molar-refractivity contribution is 0.608. The smallest absolute Gasteiger partial charge is 0.225 e. The molecule has 0 atom stereocenters. The molecule has 92 valence electrons. The fourth-order valence-electron chi connectivity index (χ4n) is 2.22. The van der Waals surface area contributed by atoms with Crippen LogP contribution in [0.4, 0.5) is 16.0 Å². The van der Waals surface area contributed by atoms with Gasteiger partial charge in [0.25, 0.3) is 0 Å². The fourth-order valence-corrected chi connectivity index (χ4v) is 2.22. The van der Waals surface area contributed by atoms with Gasteiger partial charge >= 0.3 is 0 Å². The van der Waals surface area contributed by atoms with Crippen LogP contribution in [0.15, 0.2) is 30.6 Å². The molecule has 0 spiro atoms. The summed E-state index contributed by atoms with van der Waals surface area (Å²) in [6.07, 6.45) is 3.31. The number of nitrogens with zero attached hydrogens (tertiary/aromatic N) is 3. The summed E-state index contributed by atoms with van der Waals surface area (Å²) in [5.41, 5.74) is 9.04. The topological polar surface area (TPSA) is 55.0 Å². The Bertz CT molecular complexity index is 568. The first-order valence-electron chi connectivity index (χ1n) is 5.82. The van der Waals surface area contributed by atoms with Gasteiger partial charge in [0.05, 0.1) is 12.4 Å². The third-order valence-electron chi connectivity index (χ3n) is 3.13. The van der Waals surface area contributed by atoms with E-state index in [0.29, 0.717) is 12.5 Å². The molecule has 4 nitrogen and oxygen atoms in total. The van der Waals surface area contributed by atoms with E-state index in [4.69, 9.17) is 5.73 Å². The molecule has 0 saturated heterocycles. The highest BCUT2D eigenvalue weighted by Gasteiger charge is 2.18. The Morgan fingerprint density at radius 1 is 1.17 bits per heavy atom.